The van der Waals surface area contributed by atoms with Crippen LogP contribution in [0.15, 0.2) is 59.0 Å². The number of hydrogen-bond acceptors (Lipinski definition) is 6. The fourth-order valence-corrected chi connectivity index (χ4v) is 3.30. The molecule has 4 aromatic rings. The summed E-state index contributed by atoms with van der Waals surface area (Å²) in [5.74, 6) is 1.32. The second-order valence-electron chi connectivity index (χ2n) is 6.27. The van der Waals surface area contributed by atoms with Crippen LogP contribution in [0.4, 0.5) is 6.01 Å². The van der Waals surface area contributed by atoms with Crippen LogP contribution >= 0.6 is 11.6 Å². The van der Waals surface area contributed by atoms with E-state index in [4.69, 9.17) is 31.2 Å². The maximum atomic E-state index is 6.47. The molecule has 0 aliphatic heterocycles. The number of benzene rings is 3. The predicted molar refractivity (Wildman–Crippen MR) is 114 cm³/mol. The second kappa shape index (κ2) is 8.24. The van der Waals surface area contributed by atoms with Crippen molar-refractivity contribution in [2.24, 2.45) is 0 Å². The Labute approximate surface area is 172 Å². The van der Waals surface area contributed by atoms with E-state index in [1.165, 1.54) is 0 Å². The summed E-state index contributed by atoms with van der Waals surface area (Å²) in [4.78, 5) is 0. The number of ether oxygens (including phenoxy) is 2. The maximum Gasteiger partial charge on any atom is 0.313 e. The fraction of sp³-hybridized carbons (Fsp3) is 0.0909. The average molecular weight is 408 g/mol. The molecule has 7 heteroatoms. The molecule has 0 bridgehead atoms. The molecule has 0 aliphatic rings. The number of nitrogens with two attached hydrogens (primary N) is 1. The second-order valence-corrected chi connectivity index (χ2v) is 6.68. The van der Waals surface area contributed by atoms with Crippen molar-refractivity contribution in [1.29, 1.82) is 0 Å². The normalized spacial score (nSPS) is 11.2. The summed E-state index contributed by atoms with van der Waals surface area (Å²) in [6.07, 6.45) is 3.42. The zero-order valence-corrected chi connectivity index (χ0v) is 16.4. The molecule has 0 saturated heterocycles. The first-order valence-corrected chi connectivity index (χ1v) is 9.26. The van der Waals surface area contributed by atoms with Crippen LogP contribution in [0, 0.1) is 0 Å². The number of anilines is 1. The maximum absolute atomic E-state index is 6.47. The number of aromatic nitrogens is 2. The van der Waals surface area contributed by atoms with Crippen molar-refractivity contribution in [3.05, 3.63) is 76.6 Å². The van der Waals surface area contributed by atoms with Gasteiger partial charge >= 0.3 is 6.01 Å². The highest BCUT2D eigenvalue weighted by Crippen LogP contribution is 2.37. The summed E-state index contributed by atoms with van der Waals surface area (Å²) >= 11 is 6.47. The van der Waals surface area contributed by atoms with Crippen LogP contribution < -0.4 is 15.2 Å². The molecule has 0 aliphatic carbocycles. The highest BCUT2D eigenvalue weighted by molar-refractivity contribution is 6.32. The van der Waals surface area contributed by atoms with Crippen molar-refractivity contribution in [1.82, 2.24) is 10.2 Å². The molecule has 0 saturated carbocycles. The summed E-state index contributed by atoms with van der Waals surface area (Å²) in [6, 6.07) is 17.9. The lowest BCUT2D eigenvalue weighted by atomic mass is 10.1. The Morgan fingerprint density at radius 2 is 1.90 bits per heavy atom. The molecule has 1 heterocycles. The first kappa shape index (κ1) is 18.8. The van der Waals surface area contributed by atoms with Crippen molar-refractivity contribution >= 4 is 40.5 Å². The molecule has 0 amide bonds. The average Bonchev–Trinajstić information content (AvgIpc) is 3.16. The third kappa shape index (κ3) is 4.17. The number of rotatable bonds is 6. The van der Waals surface area contributed by atoms with Gasteiger partial charge in [-0.1, -0.05) is 59.2 Å². The van der Waals surface area contributed by atoms with E-state index in [1.807, 2.05) is 30.3 Å². The molecule has 146 valence electrons. The van der Waals surface area contributed by atoms with Gasteiger partial charge in [0.15, 0.2) is 11.5 Å². The number of fused-ring (bicyclic) bond motifs is 1. The van der Waals surface area contributed by atoms with Gasteiger partial charge in [-0.15, -0.1) is 5.10 Å². The summed E-state index contributed by atoms with van der Waals surface area (Å²) < 4.78 is 16.6. The quantitative estimate of drug-likeness (QED) is 0.472. The van der Waals surface area contributed by atoms with Crippen LogP contribution in [0.2, 0.25) is 5.02 Å². The predicted octanol–water partition coefficient (Wildman–Crippen LogP) is 5.22. The van der Waals surface area contributed by atoms with E-state index in [0.29, 0.717) is 29.0 Å². The fourth-order valence-electron chi connectivity index (χ4n) is 3.03. The van der Waals surface area contributed by atoms with Gasteiger partial charge in [-0.3, -0.25) is 0 Å². The Hall–Kier alpha value is -3.51. The highest BCUT2D eigenvalue weighted by Gasteiger charge is 2.12. The van der Waals surface area contributed by atoms with Crippen molar-refractivity contribution in [3.8, 4) is 11.5 Å². The minimum absolute atomic E-state index is 0.0115. The molecule has 3 aromatic carbocycles. The highest BCUT2D eigenvalue weighted by atomic mass is 35.5. The van der Waals surface area contributed by atoms with E-state index in [9.17, 15) is 0 Å². The zero-order valence-electron chi connectivity index (χ0n) is 15.6. The largest absolute Gasteiger partial charge is 0.493 e. The summed E-state index contributed by atoms with van der Waals surface area (Å²) in [5, 5.41) is 10.1. The molecule has 0 radical (unpaired) electrons. The van der Waals surface area contributed by atoms with E-state index in [1.54, 1.807) is 25.3 Å². The molecule has 1 aromatic heterocycles. The Bertz CT molecular complexity index is 1180. The third-order valence-electron chi connectivity index (χ3n) is 4.38. The molecular weight excluding hydrogens is 390 g/mol. The Balaban J connectivity index is 1.58. The topological polar surface area (TPSA) is 83.4 Å². The van der Waals surface area contributed by atoms with Gasteiger partial charge in [0, 0.05) is 6.08 Å². The monoisotopic (exact) mass is 407 g/mol. The van der Waals surface area contributed by atoms with Gasteiger partial charge in [0.25, 0.3) is 0 Å². The standard InChI is InChI=1S/C22H18ClN3O3/c1-27-19-12-14(9-10-20-25-26-22(24)29-20)11-18(23)21(19)28-13-16-7-4-6-15-5-2-3-8-17(15)16/h2-12H,13H2,1H3,(H2,24,26)/b10-9+. The Morgan fingerprint density at radius 1 is 1.07 bits per heavy atom. The molecule has 29 heavy (non-hydrogen) atoms. The molecule has 2 N–H and O–H groups in total. The lowest BCUT2D eigenvalue weighted by molar-refractivity contribution is 0.286. The van der Waals surface area contributed by atoms with Gasteiger partial charge in [0.2, 0.25) is 5.89 Å². The lowest BCUT2D eigenvalue weighted by Gasteiger charge is -2.14. The summed E-state index contributed by atoms with van der Waals surface area (Å²) in [5.41, 5.74) is 7.28. The van der Waals surface area contributed by atoms with Gasteiger partial charge in [0.05, 0.1) is 12.1 Å². The Morgan fingerprint density at radius 3 is 2.69 bits per heavy atom. The number of nitrogens with zero attached hydrogens (tertiary/aromatic N) is 2. The van der Waals surface area contributed by atoms with Gasteiger partial charge < -0.3 is 19.6 Å². The summed E-state index contributed by atoms with van der Waals surface area (Å²) in [7, 11) is 1.57. The zero-order chi connectivity index (χ0) is 20.2. The minimum Gasteiger partial charge on any atom is -0.493 e. The smallest absolute Gasteiger partial charge is 0.313 e. The minimum atomic E-state index is 0.0115. The molecule has 0 unspecified atom stereocenters. The molecule has 6 nitrogen and oxygen atoms in total. The number of hydrogen-bond donors (Lipinski definition) is 1. The van der Waals surface area contributed by atoms with Crippen LogP contribution in [0.1, 0.15) is 17.0 Å². The first-order valence-electron chi connectivity index (χ1n) is 8.88. The van der Waals surface area contributed by atoms with Crippen LogP contribution in [0.5, 0.6) is 11.5 Å². The van der Waals surface area contributed by atoms with Gasteiger partial charge in [-0.05, 0) is 40.1 Å². The first-order chi connectivity index (χ1) is 14.1. The third-order valence-corrected chi connectivity index (χ3v) is 4.66. The number of halogens is 1. The molecule has 0 fully saturated rings. The molecule has 0 spiro atoms. The van der Waals surface area contributed by atoms with E-state index in [0.717, 1.165) is 21.9 Å². The van der Waals surface area contributed by atoms with E-state index in [2.05, 4.69) is 28.4 Å². The molecule has 4 rings (SSSR count). The van der Waals surface area contributed by atoms with Crippen molar-refractivity contribution in [2.45, 2.75) is 6.61 Å². The molecular formula is C22H18ClN3O3. The van der Waals surface area contributed by atoms with Crippen LogP contribution in [0.25, 0.3) is 22.9 Å². The lowest BCUT2D eigenvalue weighted by Crippen LogP contribution is -1.99. The number of methoxy groups -OCH3 is 1. The van der Waals surface area contributed by atoms with Gasteiger partial charge in [0.1, 0.15) is 6.61 Å². The van der Waals surface area contributed by atoms with Crippen molar-refractivity contribution in [2.75, 3.05) is 12.8 Å². The van der Waals surface area contributed by atoms with Crippen molar-refractivity contribution in [3.63, 3.8) is 0 Å². The number of nitrogen functional groups attached to an aromatic ring is 1. The van der Waals surface area contributed by atoms with E-state index < -0.39 is 0 Å². The van der Waals surface area contributed by atoms with Crippen molar-refractivity contribution < 1.29 is 13.9 Å². The van der Waals surface area contributed by atoms with Crippen LogP contribution in [0.3, 0.4) is 0 Å². The van der Waals surface area contributed by atoms with Crippen LogP contribution in [-0.2, 0) is 6.61 Å². The van der Waals surface area contributed by atoms with Crippen LogP contribution in [-0.4, -0.2) is 17.3 Å². The van der Waals surface area contributed by atoms with Gasteiger partial charge in [-0.2, -0.15) is 0 Å². The van der Waals surface area contributed by atoms with E-state index in [-0.39, 0.29) is 6.01 Å². The molecule has 0 atom stereocenters. The SMILES string of the molecule is COc1cc(/C=C/c2nnc(N)o2)cc(Cl)c1OCc1cccc2ccccc12. The Kier molecular flexibility index (Phi) is 5.35. The van der Waals surface area contributed by atoms with Gasteiger partial charge in [-0.25, -0.2) is 0 Å². The van der Waals surface area contributed by atoms with E-state index >= 15 is 0 Å². The summed E-state index contributed by atoms with van der Waals surface area (Å²) in [6.45, 7) is 0.369.